The number of hydrogen-bond donors (Lipinski definition) is 3. The van der Waals surface area contributed by atoms with Gasteiger partial charge in [-0.1, -0.05) is 30.3 Å². The summed E-state index contributed by atoms with van der Waals surface area (Å²) in [4.78, 5) is 0. The van der Waals surface area contributed by atoms with Crippen molar-refractivity contribution >= 4 is 11.4 Å². The molecule has 0 aliphatic carbocycles. The highest BCUT2D eigenvalue weighted by Crippen LogP contribution is 2.21. The second kappa shape index (κ2) is 7.77. The van der Waals surface area contributed by atoms with Gasteiger partial charge in [-0.05, 0) is 30.2 Å². The van der Waals surface area contributed by atoms with Crippen molar-refractivity contribution in [1.29, 1.82) is 0 Å². The fraction of sp³-hybridized carbons (Fsp3) is 0.294. The lowest BCUT2D eigenvalue weighted by Crippen LogP contribution is -2.25. The summed E-state index contributed by atoms with van der Waals surface area (Å²) in [5.41, 5.74) is 8.12. The highest BCUT2D eigenvalue weighted by atomic mass is 19.1. The number of anilines is 2. The van der Waals surface area contributed by atoms with E-state index in [2.05, 4.69) is 5.32 Å². The Bertz CT molecular complexity index is 605. The van der Waals surface area contributed by atoms with Crippen molar-refractivity contribution in [1.82, 2.24) is 0 Å². The molecule has 2 rings (SSSR count). The summed E-state index contributed by atoms with van der Waals surface area (Å²) in [7, 11) is 0. The summed E-state index contributed by atoms with van der Waals surface area (Å²) in [5.74, 6) is -0.470. The molecule has 5 heteroatoms. The number of benzene rings is 2. The van der Waals surface area contributed by atoms with Crippen LogP contribution in [0, 0.1) is 12.7 Å². The van der Waals surface area contributed by atoms with E-state index in [1.165, 1.54) is 6.07 Å². The minimum absolute atomic E-state index is 0.120. The molecule has 0 radical (unpaired) electrons. The third-order valence-electron chi connectivity index (χ3n) is 3.29. The summed E-state index contributed by atoms with van der Waals surface area (Å²) in [6, 6.07) is 12.6. The molecular weight excluding hydrogens is 283 g/mol. The lowest BCUT2D eigenvalue weighted by molar-refractivity contribution is 0.0348. The molecule has 4 nitrogen and oxygen atoms in total. The third-order valence-corrected chi connectivity index (χ3v) is 3.29. The Morgan fingerprint density at radius 2 is 2.00 bits per heavy atom. The number of aliphatic hydroxyl groups is 1. The second-order valence-electron chi connectivity index (χ2n) is 5.22. The van der Waals surface area contributed by atoms with Crippen LogP contribution in [0.15, 0.2) is 42.5 Å². The molecule has 2 aromatic carbocycles. The lowest BCUT2D eigenvalue weighted by Gasteiger charge is -2.15. The third kappa shape index (κ3) is 4.72. The Kier molecular flexibility index (Phi) is 5.75. The van der Waals surface area contributed by atoms with E-state index in [0.717, 1.165) is 11.1 Å². The largest absolute Gasteiger partial charge is 0.396 e. The number of halogens is 1. The molecule has 0 unspecified atom stereocenters. The van der Waals surface area contributed by atoms with Crippen LogP contribution in [0.5, 0.6) is 0 Å². The molecule has 0 bridgehead atoms. The zero-order chi connectivity index (χ0) is 15.9. The normalized spacial score (nSPS) is 12.1. The average Bonchev–Trinajstić information content (AvgIpc) is 2.50. The quantitative estimate of drug-likeness (QED) is 0.688. The monoisotopic (exact) mass is 304 g/mol. The summed E-state index contributed by atoms with van der Waals surface area (Å²) in [6.07, 6.45) is -0.677. The fourth-order valence-electron chi connectivity index (χ4n) is 2.07. The van der Waals surface area contributed by atoms with Crippen molar-refractivity contribution in [3.63, 3.8) is 0 Å². The van der Waals surface area contributed by atoms with Crippen molar-refractivity contribution in [2.24, 2.45) is 0 Å². The molecular formula is C17H21FN2O2. The van der Waals surface area contributed by atoms with Crippen LogP contribution in [-0.4, -0.2) is 24.4 Å². The van der Waals surface area contributed by atoms with Gasteiger partial charge < -0.3 is 20.9 Å². The van der Waals surface area contributed by atoms with Crippen molar-refractivity contribution in [3.8, 4) is 0 Å². The summed E-state index contributed by atoms with van der Waals surface area (Å²) in [6.45, 7) is 2.77. The molecule has 0 aliphatic rings. The molecule has 2 aromatic rings. The first kappa shape index (κ1) is 16.3. The molecule has 4 N–H and O–H groups in total. The number of aryl methyl sites for hydroxylation is 1. The van der Waals surface area contributed by atoms with Gasteiger partial charge in [0.15, 0.2) is 0 Å². The molecule has 0 saturated carbocycles. The number of hydrogen-bond acceptors (Lipinski definition) is 4. The lowest BCUT2D eigenvalue weighted by atomic mass is 10.1. The van der Waals surface area contributed by atoms with E-state index in [1.54, 1.807) is 6.07 Å². The number of nitrogens with two attached hydrogens (primary N) is 1. The van der Waals surface area contributed by atoms with Crippen LogP contribution in [0.3, 0.4) is 0 Å². The average molecular weight is 304 g/mol. The topological polar surface area (TPSA) is 67.5 Å². The molecule has 0 spiro atoms. The van der Waals surface area contributed by atoms with Crippen LogP contribution in [0.1, 0.15) is 11.1 Å². The Morgan fingerprint density at radius 1 is 1.27 bits per heavy atom. The van der Waals surface area contributed by atoms with Gasteiger partial charge in [-0.25, -0.2) is 4.39 Å². The summed E-state index contributed by atoms with van der Waals surface area (Å²) in [5, 5.41) is 12.9. The Hall–Kier alpha value is -2.11. The first-order chi connectivity index (χ1) is 10.6. The van der Waals surface area contributed by atoms with Gasteiger partial charge >= 0.3 is 0 Å². The molecule has 0 aliphatic heterocycles. The molecule has 1 atom stereocenters. The van der Waals surface area contributed by atoms with Gasteiger partial charge in [-0.2, -0.15) is 0 Å². The van der Waals surface area contributed by atoms with Gasteiger partial charge in [0.2, 0.25) is 0 Å². The highest BCUT2D eigenvalue weighted by molar-refractivity contribution is 5.58. The summed E-state index contributed by atoms with van der Waals surface area (Å²) >= 11 is 0. The Morgan fingerprint density at radius 3 is 2.73 bits per heavy atom. The maximum Gasteiger partial charge on any atom is 0.148 e. The number of ether oxygens (including phenoxy) is 1. The smallest absolute Gasteiger partial charge is 0.148 e. The van der Waals surface area contributed by atoms with Gasteiger partial charge in [-0.3, -0.25) is 0 Å². The predicted octanol–water partition coefficient (Wildman–Crippen LogP) is 2.71. The van der Waals surface area contributed by atoms with E-state index in [4.69, 9.17) is 10.5 Å². The van der Waals surface area contributed by atoms with Crippen molar-refractivity contribution in [2.45, 2.75) is 19.6 Å². The molecule has 22 heavy (non-hydrogen) atoms. The Balaban J connectivity index is 1.76. The van der Waals surface area contributed by atoms with E-state index >= 15 is 0 Å². The number of nitrogens with one attached hydrogen (secondary N) is 1. The fourth-order valence-corrected chi connectivity index (χ4v) is 2.07. The standard InChI is InChI=1S/C17H21FN2O2/c1-12-7-16(19)15(18)8-17(12)20-9-14(21)11-22-10-13-5-3-2-4-6-13/h2-8,14,20-21H,9-11,19H2,1H3/t14-/m1/s1. The maximum absolute atomic E-state index is 13.4. The van der Waals surface area contributed by atoms with Crippen molar-refractivity contribution in [2.75, 3.05) is 24.2 Å². The molecule has 118 valence electrons. The maximum atomic E-state index is 13.4. The number of rotatable bonds is 7. The van der Waals surface area contributed by atoms with Crippen molar-refractivity contribution < 1.29 is 14.2 Å². The van der Waals surface area contributed by atoms with Gasteiger partial charge in [0.05, 0.1) is 25.0 Å². The molecule has 0 fully saturated rings. The highest BCUT2D eigenvalue weighted by Gasteiger charge is 2.08. The first-order valence-electron chi connectivity index (χ1n) is 7.15. The van der Waals surface area contributed by atoms with Crippen LogP contribution in [0.4, 0.5) is 15.8 Å². The second-order valence-corrected chi connectivity index (χ2v) is 5.22. The molecule has 0 amide bonds. The number of nitrogen functional groups attached to an aromatic ring is 1. The van der Waals surface area contributed by atoms with Gasteiger partial charge in [-0.15, -0.1) is 0 Å². The first-order valence-corrected chi connectivity index (χ1v) is 7.15. The molecule has 0 aromatic heterocycles. The van der Waals surface area contributed by atoms with Gasteiger partial charge in [0, 0.05) is 12.2 Å². The SMILES string of the molecule is Cc1cc(N)c(F)cc1NC[C@@H](O)COCc1ccccc1. The van der Waals surface area contributed by atoms with E-state index in [9.17, 15) is 9.50 Å². The minimum atomic E-state index is -0.677. The van der Waals surface area contributed by atoms with E-state index in [1.807, 2.05) is 37.3 Å². The van der Waals surface area contributed by atoms with Gasteiger partial charge in [0.1, 0.15) is 5.82 Å². The van der Waals surface area contributed by atoms with E-state index in [0.29, 0.717) is 12.3 Å². The van der Waals surface area contributed by atoms with E-state index in [-0.39, 0.29) is 18.8 Å². The molecule has 0 heterocycles. The number of aliphatic hydroxyl groups excluding tert-OH is 1. The predicted molar refractivity (Wildman–Crippen MR) is 86.1 cm³/mol. The van der Waals surface area contributed by atoms with Crippen LogP contribution >= 0.6 is 0 Å². The van der Waals surface area contributed by atoms with Crippen molar-refractivity contribution in [3.05, 3.63) is 59.4 Å². The van der Waals surface area contributed by atoms with Crippen LogP contribution in [0.25, 0.3) is 0 Å². The summed E-state index contributed by atoms with van der Waals surface area (Å²) < 4.78 is 18.9. The molecule has 0 saturated heterocycles. The van der Waals surface area contributed by atoms with E-state index < -0.39 is 11.9 Å². The zero-order valence-corrected chi connectivity index (χ0v) is 12.6. The van der Waals surface area contributed by atoms with Crippen LogP contribution in [-0.2, 0) is 11.3 Å². The minimum Gasteiger partial charge on any atom is -0.396 e. The van der Waals surface area contributed by atoms with Gasteiger partial charge in [0.25, 0.3) is 0 Å². The van der Waals surface area contributed by atoms with Crippen LogP contribution < -0.4 is 11.1 Å². The Labute approximate surface area is 129 Å². The zero-order valence-electron chi connectivity index (χ0n) is 12.6. The van der Waals surface area contributed by atoms with Crippen LogP contribution in [0.2, 0.25) is 0 Å².